The van der Waals surface area contributed by atoms with Crippen LogP contribution < -0.4 is 10.9 Å². The van der Waals surface area contributed by atoms with E-state index < -0.39 is 5.25 Å². The molecule has 0 saturated carbocycles. The molecule has 7 heteroatoms. The van der Waals surface area contributed by atoms with Crippen LogP contribution in [-0.2, 0) is 17.8 Å². The van der Waals surface area contributed by atoms with E-state index in [-0.39, 0.29) is 11.5 Å². The SMILES string of the molecule is C=CCn1c(S[C@H](C)C(=O)Nc2ccccc2C)nc2sc(CC)cc2c1=O. The van der Waals surface area contributed by atoms with E-state index in [0.717, 1.165) is 27.4 Å². The van der Waals surface area contributed by atoms with Gasteiger partial charge in [0.25, 0.3) is 5.56 Å². The van der Waals surface area contributed by atoms with Crippen LogP contribution in [-0.4, -0.2) is 20.7 Å². The average molecular weight is 414 g/mol. The number of benzene rings is 1. The Balaban J connectivity index is 1.90. The van der Waals surface area contributed by atoms with E-state index in [1.807, 2.05) is 44.2 Å². The molecule has 2 aromatic heterocycles. The number of nitrogens with one attached hydrogen (secondary N) is 1. The number of para-hydroxylation sites is 1. The Labute approximate surface area is 172 Å². The number of thioether (sulfide) groups is 1. The maximum atomic E-state index is 12.9. The van der Waals surface area contributed by atoms with Crippen molar-refractivity contribution in [3.63, 3.8) is 0 Å². The molecule has 1 aromatic carbocycles. The summed E-state index contributed by atoms with van der Waals surface area (Å²) in [6, 6.07) is 9.56. The van der Waals surface area contributed by atoms with Crippen LogP contribution in [0.25, 0.3) is 10.2 Å². The lowest BCUT2D eigenvalue weighted by molar-refractivity contribution is -0.115. The highest BCUT2D eigenvalue weighted by Gasteiger charge is 2.20. The predicted molar refractivity (Wildman–Crippen MR) is 119 cm³/mol. The Kier molecular flexibility index (Phi) is 6.36. The van der Waals surface area contributed by atoms with Crippen molar-refractivity contribution >= 4 is 44.9 Å². The number of allylic oxidation sites excluding steroid dienone is 1. The zero-order chi connectivity index (χ0) is 20.3. The van der Waals surface area contributed by atoms with Crippen LogP contribution in [0.3, 0.4) is 0 Å². The molecule has 0 unspecified atom stereocenters. The molecule has 3 rings (SSSR count). The van der Waals surface area contributed by atoms with Crippen molar-refractivity contribution in [2.24, 2.45) is 0 Å². The van der Waals surface area contributed by atoms with Gasteiger partial charge in [0.05, 0.1) is 10.6 Å². The summed E-state index contributed by atoms with van der Waals surface area (Å²) in [6.07, 6.45) is 2.53. The predicted octanol–water partition coefficient (Wildman–Crippen LogP) is 4.63. The van der Waals surface area contributed by atoms with Gasteiger partial charge in [-0.15, -0.1) is 17.9 Å². The Hall–Kier alpha value is -2.38. The molecular formula is C21H23N3O2S2. The number of aromatic nitrogens is 2. The third kappa shape index (κ3) is 4.20. The number of thiophene rings is 1. The first-order valence-electron chi connectivity index (χ1n) is 9.11. The van der Waals surface area contributed by atoms with E-state index in [1.54, 1.807) is 10.6 Å². The monoisotopic (exact) mass is 413 g/mol. The lowest BCUT2D eigenvalue weighted by Crippen LogP contribution is -2.26. The summed E-state index contributed by atoms with van der Waals surface area (Å²) in [5.74, 6) is -0.126. The van der Waals surface area contributed by atoms with Crippen LogP contribution in [0.1, 0.15) is 24.3 Å². The van der Waals surface area contributed by atoms with Crippen LogP contribution in [0.2, 0.25) is 0 Å². The Morgan fingerprint density at radius 3 is 2.86 bits per heavy atom. The third-order valence-corrected chi connectivity index (χ3v) is 6.65. The van der Waals surface area contributed by atoms with Crippen molar-refractivity contribution < 1.29 is 4.79 Å². The number of anilines is 1. The third-order valence-electron chi connectivity index (χ3n) is 4.38. The molecular weight excluding hydrogens is 390 g/mol. The molecule has 0 fully saturated rings. The van der Waals surface area contributed by atoms with E-state index in [2.05, 4.69) is 23.8 Å². The van der Waals surface area contributed by atoms with Crippen LogP contribution in [0.4, 0.5) is 5.69 Å². The fourth-order valence-electron chi connectivity index (χ4n) is 2.76. The molecule has 0 spiro atoms. The number of fused-ring (bicyclic) bond motifs is 1. The molecule has 0 radical (unpaired) electrons. The van der Waals surface area contributed by atoms with Crippen LogP contribution in [0, 0.1) is 6.92 Å². The molecule has 5 nitrogen and oxygen atoms in total. The van der Waals surface area contributed by atoms with Crippen molar-refractivity contribution in [2.45, 2.75) is 44.1 Å². The largest absolute Gasteiger partial charge is 0.325 e. The number of nitrogens with zero attached hydrogens (tertiary/aromatic N) is 2. The van der Waals surface area contributed by atoms with Gasteiger partial charge < -0.3 is 5.32 Å². The summed E-state index contributed by atoms with van der Waals surface area (Å²) < 4.78 is 1.59. The van der Waals surface area contributed by atoms with Crippen LogP contribution >= 0.6 is 23.1 Å². The number of carbonyl (C=O) groups excluding carboxylic acids is 1. The zero-order valence-electron chi connectivity index (χ0n) is 16.2. The highest BCUT2D eigenvalue weighted by atomic mass is 32.2. The minimum atomic E-state index is -0.411. The molecule has 0 bridgehead atoms. The maximum absolute atomic E-state index is 12.9. The van der Waals surface area contributed by atoms with Crippen LogP contribution in [0.15, 0.2) is 52.9 Å². The van der Waals surface area contributed by atoms with E-state index in [1.165, 1.54) is 23.1 Å². The van der Waals surface area contributed by atoms with Gasteiger partial charge in [0, 0.05) is 17.1 Å². The van der Waals surface area contributed by atoms with Gasteiger partial charge in [0.1, 0.15) is 4.83 Å². The van der Waals surface area contributed by atoms with Crippen molar-refractivity contribution in [3.8, 4) is 0 Å². The van der Waals surface area contributed by atoms with Gasteiger partial charge in [-0.3, -0.25) is 14.2 Å². The second-order valence-electron chi connectivity index (χ2n) is 6.45. The first-order chi connectivity index (χ1) is 13.4. The van der Waals surface area contributed by atoms with Gasteiger partial charge in [0.2, 0.25) is 5.91 Å². The number of hydrogen-bond donors (Lipinski definition) is 1. The van der Waals surface area contributed by atoms with Crippen LogP contribution in [0.5, 0.6) is 0 Å². The summed E-state index contributed by atoms with van der Waals surface area (Å²) in [6.45, 7) is 9.93. The van der Waals surface area contributed by atoms with Gasteiger partial charge in [-0.05, 0) is 38.0 Å². The normalized spacial score (nSPS) is 12.1. The lowest BCUT2D eigenvalue weighted by atomic mass is 10.2. The summed E-state index contributed by atoms with van der Waals surface area (Å²) in [4.78, 5) is 32.1. The lowest BCUT2D eigenvalue weighted by Gasteiger charge is -2.15. The fourth-order valence-corrected chi connectivity index (χ4v) is 4.69. The maximum Gasteiger partial charge on any atom is 0.263 e. The first kappa shape index (κ1) is 20.4. The molecule has 0 aliphatic carbocycles. The number of amides is 1. The Bertz CT molecular complexity index is 1080. The molecule has 28 heavy (non-hydrogen) atoms. The number of hydrogen-bond acceptors (Lipinski definition) is 5. The number of aryl methyl sites for hydroxylation is 2. The molecule has 146 valence electrons. The highest BCUT2D eigenvalue weighted by molar-refractivity contribution is 8.00. The van der Waals surface area contributed by atoms with E-state index >= 15 is 0 Å². The van der Waals surface area contributed by atoms with Crippen molar-refractivity contribution in [1.82, 2.24) is 9.55 Å². The standard InChI is InChI=1S/C21H23N3O2S2/c1-5-11-24-20(26)16-12-15(6-2)28-19(16)23-21(24)27-14(4)18(25)22-17-10-8-7-9-13(17)3/h5,7-10,12,14H,1,6,11H2,2-4H3,(H,22,25)/t14-/m1/s1. The molecule has 2 heterocycles. The van der Waals surface area contributed by atoms with Gasteiger partial charge in [-0.25, -0.2) is 4.98 Å². The second kappa shape index (κ2) is 8.75. The Morgan fingerprint density at radius 2 is 2.18 bits per heavy atom. The molecule has 1 N–H and O–H groups in total. The van der Waals surface area contributed by atoms with Gasteiger partial charge >= 0.3 is 0 Å². The van der Waals surface area contributed by atoms with Gasteiger partial charge in [-0.1, -0.05) is 43.0 Å². The van der Waals surface area contributed by atoms with Gasteiger partial charge in [-0.2, -0.15) is 0 Å². The molecule has 0 aliphatic heterocycles. The van der Waals surface area contributed by atoms with Crippen molar-refractivity contribution in [2.75, 3.05) is 5.32 Å². The molecule has 1 amide bonds. The van der Waals surface area contributed by atoms with E-state index in [4.69, 9.17) is 0 Å². The van der Waals surface area contributed by atoms with Crippen molar-refractivity contribution in [1.29, 1.82) is 0 Å². The van der Waals surface area contributed by atoms with Crippen molar-refractivity contribution in [3.05, 3.63) is 63.8 Å². The summed E-state index contributed by atoms with van der Waals surface area (Å²) >= 11 is 2.82. The first-order valence-corrected chi connectivity index (χ1v) is 10.8. The summed E-state index contributed by atoms with van der Waals surface area (Å²) in [5, 5.41) is 3.71. The average Bonchev–Trinajstić information content (AvgIpc) is 3.10. The summed E-state index contributed by atoms with van der Waals surface area (Å²) in [5.41, 5.74) is 1.70. The Morgan fingerprint density at radius 1 is 1.43 bits per heavy atom. The minimum Gasteiger partial charge on any atom is -0.325 e. The molecule has 3 aromatic rings. The topological polar surface area (TPSA) is 64.0 Å². The second-order valence-corrected chi connectivity index (χ2v) is 8.87. The van der Waals surface area contributed by atoms with E-state index in [0.29, 0.717) is 17.1 Å². The van der Waals surface area contributed by atoms with E-state index in [9.17, 15) is 9.59 Å². The smallest absolute Gasteiger partial charge is 0.263 e. The number of rotatable bonds is 7. The molecule has 0 saturated heterocycles. The highest BCUT2D eigenvalue weighted by Crippen LogP contribution is 2.28. The minimum absolute atomic E-state index is 0.0881. The zero-order valence-corrected chi connectivity index (χ0v) is 17.8. The fraction of sp³-hybridized carbons (Fsp3) is 0.286. The molecule has 1 atom stereocenters. The summed E-state index contributed by atoms with van der Waals surface area (Å²) in [7, 11) is 0. The van der Waals surface area contributed by atoms with Gasteiger partial charge in [0.15, 0.2) is 5.16 Å². The number of carbonyl (C=O) groups is 1. The quantitative estimate of drug-likeness (QED) is 0.348. The molecule has 0 aliphatic rings.